The second kappa shape index (κ2) is 11.8. The maximum Gasteiger partial charge on any atom is 0.156 e. The van der Waals surface area contributed by atoms with E-state index in [1.807, 2.05) is 0 Å². The average molecular weight is 402 g/mol. The summed E-state index contributed by atoms with van der Waals surface area (Å²) in [5, 5.41) is 0.686. The number of aldehydes is 1. The maximum atomic E-state index is 10.1. The number of rotatable bonds is 11. The van der Waals surface area contributed by atoms with E-state index in [0.717, 1.165) is 6.29 Å². The van der Waals surface area contributed by atoms with Gasteiger partial charge in [-0.1, -0.05) is 46.4 Å². The molecule has 0 radical (unpaired) electrons. The highest BCUT2D eigenvalue weighted by Crippen LogP contribution is 2.37. The van der Waals surface area contributed by atoms with Crippen LogP contribution in [0, 0.1) is 0 Å². The molecule has 0 saturated heterocycles. The van der Waals surface area contributed by atoms with Crippen LogP contribution in [0.5, 0.6) is 11.5 Å². The molecule has 0 atom stereocenters. The van der Waals surface area contributed by atoms with Crippen molar-refractivity contribution >= 4 is 52.7 Å². The van der Waals surface area contributed by atoms with Crippen molar-refractivity contribution < 1.29 is 19.0 Å². The van der Waals surface area contributed by atoms with Crippen molar-refractivity contribution in [2.45, 2.75) is 12.8 Å². The third-order valence-corrected chi connectivity index (χ3v) is 3.39. The van der Waals surface area contributed by atoms with Crippen molar-refractivity contribution in [2.24, 2.45) is 0 Å². The zero-order chi connectivity index (χ0) is 17.1. The quantitative estimate of drug-likeness (QED) is 0.383. The van der Waals surface area contributed by atoms with Gasteiger partial charge in [0, 0.05) is 31.6 Å². The van der Waals surface area contributed by atoms with E-state index < -0.39 is 0 Å². The van der Waals surface area contributed by atoms with Gasteiger partial charge in [-0.05, 0) is 6.08 Å². The van der Waals surface area contributed by atoms with Gasteiger partial charge in [-0.2, -0.15) is 0 Å². The minimum absolute atomic E-state index is 0.123. The second-order valence-electron chi connectivity index (χ2n) is 4.29. The molecule has 0 unspecified atom stereocenters. The monoisotopic (exact) mass is 400 g/mol. The third-order valence-electron chi connectivity index (χ3n) is 2.52. The van der Waals surface area contributed by atoms with Gasteiger partial charge in [0.25, 0.3) is 0 Å². The van der Waals surface area contributed by atoms with Crippen LogP contribution in [0.1, 0.15) is 12.8 Å². The molecular weight excluding hydrogens is 386 g/mol. The molecule has 0 amide bonds. The SMILES string of the molecule is O=CCCOCCCOc1c(Cl)cc(OCC=C(Cl)Cl)cc1Cl. The molecule has 23 heavy (non-hydrogen) atoms. The number of hydrogen-bond acceptors (Lipinski definition) is 4. The molecule has 0 fully saturated rings. The Labute approximate surface area is 155 Å². The van der Waals surface area contributed by atoms with E-state index >= 15 is 0 Å². The first kappa shape index (κ1) is 20.4. The van der Waals surface area contributed by atoms with Crippen LogP contribution in [-0.4, -0.2) is 32.7 Å². The predicted molar refractivity (Wildman–Crippen MR) is 93.4 cm³/mol. The number of carbonyl (C=O) groups is 1. The fourth-order valence-electron chi connectivity index (χ4n) is 1.53. The van der Waals surface area contributed by atoms with E-state index in [1.165, 1.54) is 6.08 Å². The van der Waals surface area contributed by atoms with Gasteiger partial charge >= 0.3 is 0 Å². The van der Waals surface area contributed by atoms with Crippen molar-refractivity contribution in [2.75, 3.05) is 26.4 Å². The third kappa shape index (κ3) is 8.68. The highest BCUT2D eigenvalue weighted by atomic mass is 35.5. The van der Waals surface area contributed by atoms with E-state index in [1.54, 1.807) is 12.1 Å². The number of ether oxygens (including phenoxy) is 3. The summed E-state index contributed by atoms with van der Waals surface area (Å²) in [6.45, 7) is 1.51. The maximum absolute atomic E-state index is 10.1. The number of benzene rings is 1. The standard InChI is InChI=1S/C15H16Cl4O4/c16-12-9-11(22-8-3-14(18)19)10-13(17)15(12)23-7-2-6-21-5-1-4-20/h3-4,9-10H,1-2,5-8H2. The van der Waals surface area contributed by atoms with Crippen LogP contribution in [0.3, 0.4) is 0 Å². The van der Waals surface area contributed by atoms with Crippen LogP contribution in [0.2, 0.25) is 10.0 Å². The van der Waals surface area contributed by atoms with Gasteiger partial charge in [0.1, 0.15) is 23.1 Å². The fourth-order valence-corrected chi connectivity index (χ4v) is 2.23. The Kier molecular flexibility index (Phi) is 10.5. The van der Waals surface area contributed by atoms with Crippen LogP contribution in [-0.2, 0) is 9.53 Å². The van der Waals surface area contributed by atoms with Crippen LogP contribution >= 0.6 is 46.4 Å². The highest BCUT2D eigenvalue weighted by molar-refractivity contribution is 6.55. The van der Waals surface area contributed by atoms with E-state index in [2.05, 4.69) is 0 Å². The first-order valence-corrected chi connectivity index (χ1v) is 8.33. The summed E-state index contributed by atoms with van der Waals surface area (Å²) in [6.07, 6.45) is 3.36. The van der Waals surface area contributed by atoms with Crippen molar-refractivity contribution in [3.8, 4) is 11.5 Å². The average Bonchev–Trinajstić information content (AvgIpc) is 2.48. The molecule has 8 heteroatoms. The molecule has 0 heterocycles. The Balaban J connectivity index is 2.44. The molecule has 0 aromatic heterocycles. The summed E-state index contributed by atoms with van der Waals surface area (Å²) in [5.41, 5.74) is 0. The summed E-state index contributed by atoms with van der Waals surface area (Å²) < 4.78 is 16.3. The number of hydrogen-bond donors (Lipinski definition) is 0. The van der Waals surface area contributed by atoms with Crippen LogP contribution in [0.4, 0.5) is 0 Å². The molecule has 0 N–H and O–H groups in total. The summed E-state index contributed by atoms with van der Waals surface area (Å²) in [6, 6.07) is 3.19. The van der Waals surface area contributed by atoms with Gasteiger partial charge in [-0.15, -0.1) is 0 Å². The zero-order valence-electron chi connectivity index (χ0n) is 12.2. The van der Waals surface area contributed by atoms with Crippen molar-refractivity contribution in [3.63, 3.8) is 0 Å². The Morgan fingerprint density at radius 2 is 1.74 bits per heavy atom. The fraction of sp³-hybridized carbons (Fsp3) is 0.400. The van der Waals surface area contributed by atoms with Gasteiger partial charge in [-0.3, -0.25) is 0 Å². The molecule has 0 aliphatic rings. The topological polar surface area (TPSA) is 44.8 Å². The number of carbonyl (C=O) groups excluding carboxylic acids is 1. The molecule has 0 aliphatic heterocycles. The first-order valence-electron chi connectivity index (χ1n) is 6.81. The molecule has 4 nitrogen and oxygen atoms in total. The van der Waals surface area contributed by atoms with Crippen LogP contribution in [0.25, 0.3) is 0 Å². The second-order valence-corrected chi connectivity index (χ2v) is 6.11. The van der Waals surface area contributed by atoms with Crippen LogP contribution in [0.15, 0.2) is 22.7 Å². The lowest BCUT2D eigenvalue weighted by atomic mass is 10.3. The number of halogens is 4. The van der Waals surface area contributed by atoms with Gasteiger partial charge < -0.3 is 19.0 Å². The molecule has 0 aliphatic carbocycles. The van der Waals surface area contributed by atoms with Crippen molar-refractivity contribution in [3.05, 3.63) is 32.7 Å². The molecule has 128 valence electrons. The lowest BCUT2D eigenvalue weighted by Crippen LogP contribution is -2.05. The van der Waals surface area contributed by atoms with Crippen molar-refractivity contribution in [1.82, 2.24) is 0 Å². The van der Waals surface area contributed by atoms with E-state index in [-0.39, 0.29) is 11.1 Å². The van der Waals surface area contributed by atoms with Crippen LogP contribution < -0.4 is 9.47 Å². The lowest BCUT2D eigenvalue weighted by molar-refractivity contribution is -0.108. The van der Waals surface area contributed by atoms with E-state index in [4.69, 9.17) is 60.6 Å². The van der Waals surface area contributed by atoms with Gasteiger partial charge in [-0.25, -0.2) is 0 Å². The summed E-state index contributed by atoms with van der Waals surface area (Å²) >= 11 is 23.2. The molecule has 0 spiro atoms. The minimum atomic E-state index is 0.123. The smallest absolute Gasteiger partial charge is 0.156 e. The Morgan fingerprint density at radius 1 is 1.04 bits per heavy atom. The summed E-state index contributed by atoms with van der Waals surface area (Å²) in [4.78, 5) is 10.1. The highest BCUT2D eigenvalue weighted by Gasteiger charge is 2.10. The summed E-state index contributed by atoms with van der Waals surface area (Å²) in [7, 11) is 0. The van der Waals surface area contributed by atoms with E-state index in [0.29, 0.717) is 54.2 Å². The lowest BCUT2D eigenvalue weighted by Gasteiger charge is -2.12. The largest absolute Gasteiger partial charge is 0.490 e. The molecule has 1 rings (SSSR count). The predicted octanol–water partition coefficient (Wildman–Crippen LogP) is 5.07. The van der Waals surface area contributed by atoms with E-state index in [9.17, 15) is 4.79 Å². The van der Waals surface area contributed by atoms with Gasteiger partial charge in [0.15, 0.2) is 5.75 Å². The molecule has 0 saturated carbocycles. The summed E-state index contributed by atoms with van der Waals surface area (Å²) in [5.74, 6) is 0.870. The normalized spacial score (nSPS) is 10.3. The molecule has 1 aromatic carbocycles. The minimum Gasteiger partial charge on any atom is -0.490 e. The van der Waals surface area contributed by atoms with Gasteiger partial charge in [0.05, 0.1) is 23.3 Å². The van der Waals surface area contributed by atoms with Gasteiger partial charge in [0.2, 0.25) is 0 Å². The van der Waals surface area contributed by atoms with Crippen molar-refractivity contribution in [1.29, 1.82) is 0 Å². The Bertz CT molecular complexity index is 507. The molecular formula is C15H16Cl4O4. The molecule has 1 aromatic rings. The Morgan fingerprint density at radius 3 is 2.35 bits per heavy atom. The zero-order valence-corrected chi connectivity index (χ0v) is 15.2. The molecule has 0 bridgehead atoms. The first-order chi connectivity index (χ1) is 11.0. The Hall–Kier alpha value is -0.650.